The molecule has 1 saturated heterocycles. The van der Waals surface area contributed by atoms with Crippen LogP contribution in [0.4, 0.5) is 0 Å². The molecule has 0 aliphatic carbocycles. The van der Waals surface area contributed by atoms with Crippen molar-refractivity contribution in [3.8, 4) is 11.5 Å². The zero-order valence-corrected chi connectivity index (χ0v) is 17.3. The summed E-state index contributed by atoms with van der Waals surface area (Å²) in [4.78, 5) is 27.8. The molecule has 1 aliphatic rings. The third-order valence-corrected chi connectivity index (χ3v) is 5.17. The number of halogens is 1. The minimum Gasteiger partial charge on any atom is -0.493 e. The molecule has 0 bridgehead atoms. The number of amides is 1. The summed E-state index contributed by atoms with van der Waals surface area (Å²) in [5.41, 5.74) is 0.808. The van der Waals surface area contributed by atoms with Crippen molar-refractivity contribution in [1.82, 2.24) is 4.90 Å². The number of nitrogens with zero attached hydrogens (tertiary/aromatic N) is 1. The predicted octanol–water partition coefficient (Wildman–Crippen LogP) is 4.27. The normalized spacial score (nSPS) is 14.8. The number of carbonyl (C=O) groups excluding carboxylic acids is 2. The van der Waals surface area contributed by atoms with E-state index in [0.29, 0.717) is 30.2 Å². The van der Waals surface area contributed by atoms with E-state index in [9.17, 15) is 9.59 Å². The van der Waals surface area contributed by atoms with Gasteiger partial charge in [0.25, 0.3) is 5.91 Å². The molecule has 2 aromatic rings. The van der Waals surface area contributed by atoms with Crippen molar-refractivity contribution < 1.29 is 23.8 Å². The zero-order valence-electron chi connectivity index (χ0n) is 16.5. The molecule has 29 heavy (non-hydrogen) atoms. The summed E-state index contributed by atoms with van der Waals surface area (Å²) in [5, 5.41) is 0.220. The first-order valence-electron chi connectivity index (χ1n) is 9.51. The Bertz CT molecular complexity index is 865. The van der Waals surface area contributed by atoms with E-state index in [0.717, 1.165) is 19.3 Å². The van der Waals surface area contributed by atoms with Crippen molar-refractivity contribution in [2.75, 3.05) is 27.3 Å². The number of piperidine rings is 1. The highest BCUT2D eigenvalue weighted by molar-refractivity contribution is 6.32. The highest BCUT2D eigenvalue weighted by Gasteiger charge is 2.31. The SMILES string of the molecule is COc1cc(C(=O)OC(C(=O)N2CCCCC2)c2ccccc2)cc(Cl)c1OC. The number of hydrogen-bond donors (Lipinski definition) is 0. The van der Waals surface area contributed by atoms with Gasteiger partial charge < -0.3 is 19.1 Å². The van der Waals surface area contributed by atoms with Crippen LogP contribution in [-0.2, 0) is 9.53 Å². The summed E-state index contributed by atoms with van der Waals surface area (Å²) < 4.78 is 16.1. The fraction of sp³-hybridized carbons (Fsp3) is 0.364. The number of carbonyl (C=O) groups is 2. The smallest absolute Gasteiger partial charge is 0.339 e. The van der Waals surface area contributed by atoms with Gasteiger partial charge in [-0.15, -0.1) is 0 Å². The number of methoxy groups -OCH3 is 2. The molecule has 154 valence electrons. The van der Waals surface area contributed by atoms with E-state index in [1.54, 1.807) is 17.0 Å². The Morgan fingerprint density at radius 1 is 1.00 bits per heavy atom. The molecule has 0 aromatic heterocycles. The molecule has 1 aliphatic heterocycles. The average molecular weight is 418 g/mol. The summed E-state index contributed by atoms with van der Waals surface area (Å²) in [5.74, 6) is -0.233. The van der Waals surface area contributed by atoms with Gasteiger partial charge in [0.2, 0.25) is 6.10 Å². The topological polar surface area (TPSA) is 65.1 Å². The van der Waals surface area contributed by atoms with E-state index in [4.69, 9.17) is 25.8 Å². The van der Waals surface area contributed by atoms with E-state index in [2.05, 4.69) is 0 Å². The molecule has 2 aromatic carbocycles. The summed E-state index contributed by atoms with van der Waals surface area (Å²) in [7, 11) is 2.92. The Labute approximate surface area is 175 Å². The largest absolute Gasteiger partial charge is 0.493 e. The van der Waals surface area contributed by atoms with Crippen LogP contribution in [-0.4, -0.2) is 44.1 Å². The van der Waals surface area contributed by atoms with Crippen molar-refractivity contribution >= 4 is 23.5 Å². The number of benzene rings is 2. The molecule has 0 saturated carbocycles. The first-order chi connectivity index (χ1) is 14.0. The second kappa shape index (κ2) is 9.65. The Kier molecular flexibility index (Phi) is 6.99. The van der Waals surface area contributed by atoms with Crippen LogP contribution < -0.4 is 9.47 Å². The van der Waals surface area contributed by atoms with E-state index in [1.165, 1.54) is 26.4 Å². The van der Waals surface area contributed by atoms with Crippen LogP contribution in [0, 0.1) is 0 Å². The van der Waals surface area contributed by atoms with Gasteiger partial charge in [-0.05, 0) is 31.4 Å². The van der Waals surface area contributed by atoms with Gasteiger partial charge >= 0.3 is 5.97 Å². The molecule has 0 radical (unpaired) electrons. The summed E-state index contributed by atoms with van der Waals surface area (Å²) in [6.07, 6.45) is 1.98. The van der Waals surface area contributed by atoms with E-state index in [1.807, 2.05) is 18.2 Å². The Hall–Kier alpha value is -2.73. The lowest BCUT2D eigenvalue weighted by molar-refractivity contribution is -0.142. The van der Waals surface area contributed by atoms with Crippen molar-refractivity contribution in [3.05, 3.63) is 58.6 Å². The second-order valence-corrected chi connectivity index (χ2v) is 7.18. The van der Waals surface area contributed by atoms with Crippen molar-refractivity contribution in [2.24, 2.45) is 0 Å². The molecule has 6 nitrogen and oxygen atoms in total. The first kappa shape index (κ1) is 21.0. The lowest BCUT2D eigenvalue weighted by Crippen LogP contribution is -2.40. The third-order valence-electron chi connectivity index (χ3n) is 4.89. The Morgan fingerprint density at radius 2 is 1.69 bits per heavy atom. The molecule has 1 unspecified atom stereocenters. The number of hydrogen-bond acceptors (Lipinski definition) is 5. The van der Waals surface area contributed by atoms with Gasteiger partial charge in [-0.25, -0.2) is 4.79 Å². The predicted molar refractivity (Wildman–Crippen MR) is 110 cm³/mol. The van der Waals surface area contributed by atoms with Gasteiger partial charge in [0.15, 0.2) is 11.5 Å². The maximum atomic E-state index is 13.1. The average Bonchev–Trinajstić information content (AvgIpc) is 2.77. The lowest BCUT2D eigenvalue weighted by atomic mass is 10.1. The van der Waals surface area contributed by atoms with E-state index in [-0.39, 0.29) is 16.5 Å². The maximum Gasteiger partial charge on any atom is 0.339 e. The maximum absolute atomic E-state index is 13.1. The van der Waals surface area contributed by atoms with E-state index < -0.39 is 12.1 Å². The van der Waals surface area contributed by atoms with Gasteiger partial charge in [-0.1, -0.05) is 41.9 Å². The van der Waals surface area contributed by atoms with E-state index >= 15 is 0 Å². The Morgan fingerprint density at radius 3 is 2.31 bits per heavy atom. The van der Waals surface area contributed by atoms with Crippen LogP contribution >= 0.6 is 11.6 Å². The highest BCUT2D eigenvalue weighted by atomic mass is 35.5. The fourth-order valence-electron chi connectivity index (χ4n) is 3.38. The number of rotatable bonds is 6. The summed E-state index contributed by atoms with van der Waals surface area (Å²) in [6.45, 7) is 1.34. The molecule has 3 rings (SSSR count). The second-order valence-electron chi connectivity index (χ2n) is 6.78. The quantitative estimate of drug-likeness (QED) is 0.657. The third kappa shape index (κ3) is 4.82. The van der Waals surface area contributed by atoms with Gasteiger partial charge in [0, 0.05) is 18.7 Å². The highest BCUT2D eigenvalue weighted by Crippen LogP contribution is 2.36. The lowest BCUT2D eigenvalue weighted by Gasteiger charge is -2.30. The van der Waals surface area contributed by atoms with Gasteiger partial charge in [-0.2, -0.15) is 0 Å². The van der Waals surface area contributed by atoms with Crippen molar-refractivity contribution in [1.29, 1.82) is 0 Å². The first-order valence-corrected chi connectivity index (χ1v) is 9.89. The molecule has 0 spiro atoms. The molecule has 0 N–H and O–H groups in total. The van der Waals surface area contributed by atoms with Crippen LogP contribution in [0.3, 0.4) is 0 Å². The minimum absolute atomic E-state index is 0.181. The van der Waals surface area contributed by atoms with Crippen LogP contribution in [0.5, 0.6) is 11.5 Å². The standard InChI is InChI=1S/C22H24ClNO5/c1-27-18-14-16(13-17(23)20(18)28-2)22(26)29-19(15-9-5-3-6-10-15)21(25)24-11-7-4-8-12-24/h3,5-6,9-10,13-14,19H,4,7-8,11-12H2,1-2H3. The molecular formula is C22H24ClNO5. The van der Waals surface area contributed by atoms with Gasteiger partial charge in [0.1, 0.15) is 0 Å². The molecular weight excluding hydrogens is 394 g/mol. The van der Waals surface area contributed by atoms with Crippen LogP contribution in [0.2, 0.25) is 5.02 Å². The Balaban J connectivity index is 1.88. The number of esters is 1. The number of ether oxygens (including phenoxy) is 3. The summed E-state index contributed by atoms with van der Waals surface area (Å²) >= 11 is 6.21. The molecule has 1 amide bonds. The van der Waals surface area contributed by atoms with Crippen LogP contribution in [0.1, 0.15) is 41.3 Å². The van der Waals surface area contributed by atoms with Crippen LogP contribution in [0.15, 0.2) is 42.5 Å². The van der Waals surface area contributed by atoms with Crippen molar-refractivity contribution in [3.63, 3.8) is 0 Å². The molecule has 1 atom stereocenters. The zero-order chi connectivity index (χ0) is 20.8. The van der Waals surface area contributed by atoms with Gasteiger partial charge in [0.05, 0.1) is 24.8 Å². The summed E-state index contributed by atoms with van der Waals surface area (Å²) in [6, 6.07) is 12.0. The fourth-order valence-corrected chi connectivity index (χ4v) is 3.67. The van der Waals surface area contributed by atoms with Crippen LogP contribution in [0.25, 0.3) is 0 Å². The number of likely N-dealkylation sites (tertiary alicyclic amines) is 1. The molecule has 7 heteroatoms. The molecule has 1 heterocycles. The van der Waals surface area contributed by atoms with Crippen molar-refractivity contribution in [2.45, 2.75) is 25.4 Å². The monoisotopic (exact) mass is 417 g/mol. The molecule has 1 fully saturated rings. The minimum atomic E-state index is -1.02. The van der Waals surface area contributed by atoms with Gasteiger partial charge in [-0.3, -0.25) is 4.79 Å².